The zero-order valence-electron chi connectivity index (χ0n) is 14.2. The molecule has 1 saturated heterocycles. The summed E-state index contributed by atoms with van der Waals surface area (Å²) in [6.07, 6.45) is 1.80. The van der Waals surface area contributed by atoms with Gasteiger partial charge in [-0.1, -0.05) is 6.07 Å². The van der Waals surface area contributed by atoms with Crippen LogP contribution >= 0.6 is 12.4 Å². The first-order chi connectivity index (χ1) is 11.6. The second-order valence-electron chi connectivity index (χ2n) is 6.12. The number of pyridine rings is 1. The largest absolute Gasteiger partial charge is 0.354 e. The van der Waals surface area contributed by atoms with Crippen molar-refractivity contribution in [1.82, 2.24) is 15.2 Å². The van der Waals surface area contributed by atoms with E-state index in [-0.39, 0.29) is 19.0 Å². The van der Waals surface area contributed by atoms with Gasteiger partial charge in [0.25, 0.3) is 0 Å². The van der Waals surface area contributed by atoms with E-state index in [9.17, 15) is 8.78 Å². The van der Waals surface area contributed by atoms with Gasteiger partial charge in [0.05, 0.1) is 0 Å². The number of rotatable bonds is 5. The second kappa shape index (κ2) is 9.08. The third-order valence-electron chi connectivity index (χ3n) is 4.31. The average Bonchev–Trinajstić information content (AvgIpc) is 2.59. The lowest BCUT2D eigenvalue weighted by Crippen LogP contribution is -2.45. The Morgan fingerprint density at radius 2 is 1.76 bits per heavy atom. The van der Waals surface area contributed by atoms with Crippen LogP contribution in [0.2, 0.25) is 0 Å². The van der Waals surface area contributed by atoms with Gasteiger partial charge in [-0.3, -0.25) is 0 Å². The third-order valence-corrected chi connectivity index (χ3v) is 4.31. The molecule has 1 aromatic carbocycles. The number of hydrogen-bond acceptors (Lipinski definition) is 4. The van der Waals surface area contributed by atoms with Crippen molar-refractivity contribution in [3.63, 3.8) is 0 Å². The first-order valence-corrected chi connectivity index (χ1v) is 8.15. The van der Waals surface area contributed by atoms with Crippen LogP contribution in [0, 0.1) is 11.6 Å². The fourth-order valence-electron chi connectivity index (χ4n) is 2.88. The summed E-state index contributed by atoms with van der Waals surface area (Å²) in [5, 5.41) is 3.19. The summed E-state index contributed by atoms with van der Waals surface area (Å²) in [6, 6.07) is 7.44. The van der Waals surface area contributed by atoms with E-state index in [4.69, 9.17) is 0 Å². The fourth-order valence-corrected chi connectivity index (χ4v) is 2.88. The quantitative estimate of drug-likeness (QED) is 0.879. The lowest BCUT2D eigenvalue weighted by atomic mass is 10.2. The number of aromatic nitrogens is 1. The highest BCUT2D eigenvalue weighted by molar-refractivity contribution is 5.85. The zero-order chi connectivity index (χ0) is 16.9. The Morgan fingerprint density at radius 3 is 2.52 bits per heavy atom. The van der Waals surface area contributed by atoms with Gasteiger partial charge in [-0.05, 0) is 31.3 Å². The van der Waals surface area contributed by atoms with Gasteiger partial charge in [0.2, 0.25) is 0 Å². The minimum Gasteiger partial charge on any atom is -0.354 e. The Bertz CT molecular complexity index is 691. The summed E-state index contributed by atoms with van der Waals surface area (Å²) in [6.45, 7) is 4.75. The molecule has 25 heavy (non-hydrogen) atoms. The van der Waals surface area contributed by atoms with Crippen LogP contribution < -0.4 is 10.2 Å². The molecule has 2 heterocycles. The molecule has 0 spiro atoms. The smallest absolute Gasteiger partial charge is 0.133 e. The van der Waals surface area contributed by atoms with Crippen LogP contribution in [0.4, 0.5) is 14.6 Å². The van der Waals surface area contributed by atoms with E-state index < -0.39 is 11.6 Å². The normalized spacial score (nSPS) is 15.1. The van der Waals surface area contributed by atoms with Crippen LogP contribution in [0.5, 0.6) is 0 Å². The van der Waals surface area contributed by atoms with E-state index in [0.717, 1.165) is 49.7 Å². The van der Waals surface area contributed by atoms with Crippen LogP contribution in [0.1, 0.15) is 11.1 Å². The molecule has 3 rings (SSSR count). The van der Waals surface area contributed by atoms with E-state index in [1.165, 1.54) is 6.07 Å². The molecule has 0 amide bonds. The maximum absolute atomic E-state index is 13.7. The summed E-state index contributed by atoms with van der Waals surface area (Å²) >= 11 is 0. The monoisotopic (exact) mass is 368 g/mol. The summed E-state index contributed by atoms with van der Waals surface area (Å²) in [4.78, 5) is 9.09. The van der Waals surface area contributed by atoms with Gasteiger partial charge in [-0.15, -0.1) is 12.4 Å². The molecule has 4 nitrogen and oxygen atoms in total. The van der Waals surface area contributed by atoms with Crippen LogP contribution in [0.25, 0.3) is 0 Å². The number of likely N-dealkylation sites (N-methyl/N-ethyl adjacent to an activating group) is 1. The summed E-state index contributed by atoms with van der Waals surface area (Å²) < 4.78 is 26.9. The van der Waals surface area contributed by atoms with Gasteiger partial charge in [0.1, 0.15) is 17.5 Å². The fraction of sp³-hybridized carbons (Fsp3) is 0.389. The zero-order valence-corrected chi connectivity index (χ0v) is 15.0. The van der Waals surface area contributed by atoms with Crippen molar-refractivity contribution >= 4 is 18.2 Å². The number of benzene rings is 1. The van der Waals surface area contributed by atoms with Crippen LogP contribution in [-0.2, 0) is 13.1 Å². The van der Waals surface area contributed by atoms with E-state index in [1.807, 2.05) is 12.1 Å². The number of anilines is 1. The molecular formula is C18H23ClF2N4. The molecule has 1 aliphatic heterocycles. The molecule has 1 aliphatic rings. The van der Waals surface area contributed by atoms with Gasteiger partial charge in [-0.2, -0.15) is 0 Å². The molecule has 0 saturated carbocycles. The highest BCUT2D eigenvalue weighted by Gasteiger charge is 2.17. The molecular weight excluding hydrogens is 346 g/mol. The third kappa shape index (κ3) is 5.11. The van der Waals surface area contributed by atoms with Crippen molar-refractivity contribution in [2.75, 3.05) is 38.1 Å². The Balaban J connectivity index is 0.00000225. The number of halogens is 3. The lowest BCUT2D eigenvalue weighted by Gasteiger charge is -2.34. The van der Waals surface area contributed by atoms with Crippen LogP contribution in [-0.4, -0.2) is 43.1 Å². The molecule has 0 radical (unpaired) electrons. The van der Waals surface area contributed by atoms with E-state index in [1.54, 1.807) is 6.20 Å². The number of piperazine rings is 1. The standard InChI is InChI=1S/C18H22F2N4.ClH/c1-23-7-9-24(10-8-23)18-14(3-2-6-22-18)12-21-13-15-11-16(19)4-5-17(15)20;/h2-6,11,21H,7-10,12-13H2,1H3;1H. The molecule has 1 N–H and O–H groups in total. The SMILES string of the molecule is CN1CCN(c2ncccc2CNCc2cc(F)ccc2F)CC1.Cl. The first-order valence-electron chi connectivity index (χ1n) is 8.15. The predicted octanol–water partition coefficient (Wildman–Crippen LogP) is 2.82. The summed E-state index contributed by atoms with van der Waals surface area (Å²) in [7, 11) is 2.12. The molecule has 0 unspecified atom stereocenters. The minimum absolute atomic E-state index is 0. The van der Waals surface area contributed by atoms with Crippen molar-refractivity contribution in [3.8, 4) is 0 Å². The highest BCUT2D eigenvalue weighted by atomic mass is 35.5. The van der Waals surface area contributed by atoms with Gasteiger partial charge in [0.15, 0.2) is 0 Å². The molecule has 136 valence electrons. The number of nitrogens with zero attached hydrogens (tertiary/aromatic N) is 3. The Labute approximate surface area is 153 Å². The molecule has 0 atom stereocenters. The maximum atomic E-state index is 13.7. The Hall–Kier alpha value is -1.76. The Morgan fingerprint density at radius 1 is 1.04 bits per heavy atom. The van der Waals surface area contributed by atoms with E-state index in [2.05, 4.69) is 27.1 Å². The van der Waals surface area contributed by atoms with Gasteiger partial charge >= 0.3 is 0 Å². The molecule has 0 bridgehead atoms. The van der Waals surface area contributed by atoms with Gasteiger partial charge in [-0.25, -0.2) is 13.8 Å². The van der Waals surface area contributed by atoms with Crippen LogP contribution in [0.15, 0.2) is 36.5 Å². The van der Waals surface area contributed by atoms with Gasteiger partial charge < -0.3 is 15.1 Å². The van der Waals surface area contributed by atoms with Crippen molar-refractivity contribution in [2.24, 2.45) is 0 Å². The van der Waals surface area contributed by atoms with Crippen LogP contribution in [0.3, 0.4) is 0 Å². The van der Waals surface area contributed by atoms with Crippen molar-refractivity contribution < 1.29 is 8.78 Å². The summed E-state index contributed by atoms with van der Waals surface area (Å²) in [5.41, 5.74) is 1.40. The minimum atomic E-state index is -0.423. The Kier molecular flexibility index (Phi) is 7.11. The molecule has 0 aliphatic carbocycles. The number of hydrogen-bond donors (Lipinski definition) is 1. The molecule has 1 fully saturated rings. The van der Waals surface area contributed by atoms with Crippen molar-refractivity contribution in [1.29, 1.82) is 0 Å². The lowest BCUT2D eigenvalue weighted by molar-refractivity contribution is 0.311. The second-order valence-corrected chi connectivity index (χ2v) is 6.12. The van der Waals surface area contributed by atoms with Crippen molar-refractivity contribution in [3.05, 3.63) is 59.3 Å². The van der Waals surface area contributed by atoms with E-state index in [0.29, 0.717) is 12.1 Å². The first kappa shape index (κ1) is 19.6. The van der Waals surface area contributed by atoms with Gasteiger partial charge in [0, 0.05) is 56.6 Å². The molecule has 1 aromatic heterocycles. The van der Waals surface area contributed by atoms with Crippen molar-refractivity contribution in [2.45, 2.75) is 13.1 Å². The molecule has 7 heteroatoms. The number of nitrogens with one attached hydrogen (secondary N) is 1. The predicted molar refractivity (Wildman–Crippen MR) is 98.1 cm³/mol. The maximum Gasteiger partial charge on any atom is 0.133 e. The summed E-state index contributed by atoms with van der Waals surface area (Å²) in [5.74, 6) is 0.153. The highest BCUT2D eigenvalue weighted by Crippen LogP contribution is 2.19. The molecule has 2 aromatic rings. The van der Waals surface area contributed by atoms with E-state index >= 15 is 0 Å². The topological polar surface area (TPSA) is 31.4 Å². The average molecular weight is 369 g/mol.